The summed E-state index contributed by atoms with van der Waals surface area (Å²) >= 11 is 1.44. The average molecular weight is 373 g/mol. The van der Waals surface area contributed by atoms with Crippen LogP contribution in [-0.4, -0.2) is 22.5 Å². The molecule has 1 aliphatic rings. The molecule has 2 N–H and O–H groups in total. The summed E-state index contributed by atoms with van der Waals surface area (Å²) in [5.41, 5.74) is 8.62. The third kappa shape index (κ3) is 4.36. The molecule has 1 aliphatic heterocycles. The zero-order valence-electron chi connectivity index (χ0n) is 15.1. The molecule has 1 aromatic carbocycles. The number of benzene rings is 1. The van der Waals surface area contributed by atoms with E-state index in [0.717, 1.165) is 48.1 Å². The molecule has 0 fully saturated rings. The van der Waals surface area contributed by atoms with Gasteiger partial charge in [-0.1, -0.05) is 37.6 Å². The van der Waals surface area contributed by atoms with Crippen molar-refractivity contribution in [2.45, 2.75) is 44.8 Å². The number of amidine groups is 1. The summed E-state index contributed by atoms with van der Waals surface area (Å²) in [6.45, 7) is 2.18. The van der Waals surface area contributed by atoms with E-state index in [1.807, 2.05) is 24.5 Å². The fourth-order valence-electron chi connectivity index (χ4n) is 3.21. The van der Waals surface area contributed by atoms with Gasteiger partial charge in [-0.05, 0) is 36.4 Å². The van der Waals surface area contributed by atoms with Crippen molar-refractivity contribution in [3.05, 3.63) is 48.0 Å². The topological polar surface area (TPSA) is 60.5 Å². The van der Waals surface area contributed by atoms with Crippen molar-refractivity contribution < 1.29 is 9.13 Å². The lowest BCUT2D eigenvalue weighted by Gasteiger charge is -2.31. The number of aromatic nitrogens is 1. The van der Waals surface area contributed by atoms with Crippen LogP contribution in [0.3, 0.4) is 0 Å². The lowest BCUT2D eigenvalue weighted by molar-refractivity contribution is 0.148. The predicted molar refractivity (Wildman–Crippen MR) is 106 cm³/mol. The van der Waals surface area contributed by atoms with Crippen LogP contribution in [0.5, 0.6) is 5.75 Å². The van der Waals surface area contributed by atoms with Crippen LogP contribution in [0.1, 0.15) is 44.2 Å². The highest BCUT2D eigenvalue weighted by Crippen LogP contribution is 2.40. The van der Waals surface area contributed by atoms with Gasteiger partial charge in [0.25, 0.3) is 0 Å². The van der Waals surface area contributed by atoms with Gasteiger partial charge in [-0.25, -0.2) is 4.39 Å². The Balaban J connectivity index is 1.97. The molecule has 0 radical (unpaired) electrons. The van der Waals surface area contributed by atoms with Crippen molar-refractivity contribution in [3.8, 4) is 16.9 Å². The first kappa shape index (κ1) is 18.7. The Morgan fingerprint density at radius 2 is 2.19 bits per heavy atom. The number of hydrogen-bond acceptors (Lipinski definition) is 4. The maximum Gasteiger partial charge on any atom is 0.154 e. The van der Waals surface area contributed by atoms with Gasteiger partial charge in [0, 0.05) is 23.7 Å². The van der Waals surface area contributed by atoms with Gasteiger partial charge in [0.1, 0.15) is 17.7 Å². The summed E-state index contributed by atoms with van der Waals surface area (Å²) in [6, 6.07) is 7.34. The molecule has 0 amide bonds. The molecule has 3 rings (SSSR count). The number of thioether (sulfide) groups is 1. The second kappa shape index (κ2) is 8.54. The van der Waals surface area contributed by atoms with Gasteiger partial charge >= 0.3 is 0 Å². The first-order chi connectivity index (χ1) is 12.6. The van der Waals surface area contributed by atoms with Crippen LogP contribution in [0.2, 0.25) is 0 Å². The van der Waals surface area contributed by atoms with Gasteiger partial charge in [-0.15, -0.1) is 0 Å². The SMILES string of the molecule is CCCCC1C[C@@H](N=C(N)SC)c2cc(-c3cncc(F)c3)ccc2O1. The van der Waals surface area contributed by atoms with Gasteiger partial charge in [0.2, 0.25) is 0 Å². The molecule has 6 heteroatoms. The molecule has 0 bridgehead atoms. The quantitative estimate of drug-likeness (QED) is 0.595. The van der Waals surface area contributed by atoms with E-state index in [4.69, 9.17) is 15.5 Å². The van der Waals surface area contributed by atoms with E-state index in [9.17, 15) is 4.39 Å². The number of fused-ring (bicyclic) bond motifs is 1. The lowest BCUT2D eigenvalue weighted by atomic mass is 9.92. The van der Waals surface area contributed by atoms with Crippen molar-refractivity contribution in [1.29, 1.82) is 0 Å². The molecular weight excluding hydrogens is 349 g/mol. The standard InChI is InChI=1S/C20H24FN3OS/c1-3-4-5-16-10-18(24-20(22)26-2)17-9-13(6-7-19(17)25-16)14-8-15(21)12-23-11-14/h6-9,11-12,16,18H,3-5,10H2,1-2H3,(H2,22,24)/t16?,18-/m1/s1. The van der Waals surface area contributed by atoms with E-state index in [2.05, 4.69) is 11.9 Å². The lowest BCUT2D eigenvalue weighted by Crippen LogP contribution is -2.26. The minimum absolute atomic E-state index is 0.0467. The average Bonchev–Trinajstić information content (AvgIpc) is 2.66. The summed E-state index contributed by atoms with van der Waals surface area (Å²) in [7, 11) is 0. The monoisotopic (exact) mass is 373 g/mol. The first-order valence-corrected chi connectivity index (χ1v) is 10.1. The van der Waals surface area contributed by atoms with Crippen molar-refractivity contribution in [1.82, 2.24) is 4.98 Å². The van der Waals surface area contributed by atoms with Crippen LogP contribution in [0.25, 0.3) is 11.1 Å². The maximum atomic E-state index is 13.5. The van der Waals surface area contributed by atoms with Crippen LogP contribution < -0.4 is 10.5 Å². The molecule has 0 saturated heterocycles. The Hall–Kier alpha value is -2.08. The summed E-state index contributed by atoms with van der Waals surface area (Å²) in [6.07, 6.45) is 9.01. The number of pyridine rings is 1. The fourth-order valence-corrected chi connectivity index (χ4v) is 3.44. The zero-order chi connectivity index (χ0) is 18.5. The summed E-state index contributed by atoms with van der Waals surface area (Å²) < 4.78 is 19.7. The number of unbranched alkanes of at least 4 members (excludes halogenated alkanes) is 1. The number of halogens is 1. The van der Waals surface area contributed by atoms with Gasteiger partial charge in [-0.2, -0.15) is 0 Å². The number of hydrogen-bond donors (Lipinski definition) is 1. The van der Waals surface area contributed by atoms with Crippen LogP contribution in [0, 0.1) is 5.82 Å². The molecule has 0 saturated carbocycles. The van der Waals surface area contributed by atoms with Crippen molar-refractivity contribution in [3.63, 3.8) is 0 Å². The zero-order valence-corrected chi connectivity index (χ0v) is 15.9. The molecule has 26 heavy (non-hydrogen) atoms. The van der Waals surface area contributed by atoms with Crippen molar-refractivity contribution >= 4 is 16.9 Å². The minimum atomic E-state index is -0.350. The van der Waals surface area contributed by atoms with E-state index in [1.165, 1.54) is 24.0 Å². The Morgan fingerprint density at radius 1 is 1.35 bits per heavy atom. The van der Waals surface area contributed by atoms with Crippen molar-refractivity contribution in [2.24, 2.45) is 10.7 Å². The molecule has 4 nitrogen and oxygen atoms in total. The first-order valence-electron chi connectivity index (χ1n) is 8.89. The number of rotatable bonds is 5. The highest BCUT2D eigenvalue weighted by Gasteiger charge is 2.28. The number of aliphatic imine (C=N–C) groups is 1. The predicted octanol–water partition coefficient (Wildman–Crippen LogP) is 4.95. The number of ether oxygens (including phenoxy) is 1. The van der Waals surface area contributed by atoms with Crippen LogP contribution in [0.4, 0.5) is 4.39 Å². The molecule has 2 atom stereocenters. The summed E-state index contributed by atoms with van der Waals surface area (Å²) in [4.78, 5) is 8.64. The Labute approximate surface area is 158 Å². The maximum absolute atomic E-state index is 13.5. The van der Waals surface area contributed by atoms with Crippen LogP contribution >= 0.6 is 11.8 Å². The van der Waals surface area contributed by atoms with Crippen LogP contribution in [-0.2, 0) is 0 Å². The molecule has 0 spiro atoms. The Kier molecular flexibility index (Phi) is 6.14. The van der Waals surface area contributed by atoms with Gasteiger partial charge in [0.05, 0.1) is 12.2 Å². The van der Waals surface area contributed by atoms with Gasteiger partial charge in [-0.3, -0.25) is 9.98 Å². The third-order valence-corrected chi connectivity index (χ3v) is 5.08. The van der Waals surface area contributed by atoms with Crippen molar-refractivity contribution in [2.75, 3.05) is 6.26 Å². The highest BCUT2D eigenvalue weighted by molar-refractivity contribution is 8.13. The molecule has 2 aromatic rings. The largest absolute Gasteiger partial charge is 0.490 e. The molecule has 1 unspecified atom stereocenters. The Morgan fingerprint density at radius 3 is 2.92 bits per heavy atom. The molecular formula is C20H24FN3OS. The number of nitrogens with zero attached hydrogens (tertiary/aromatic N) is 2. The summed E-state index contributed by atoms with van der Waals surface area (Å²) in [5.74, 6) is 0.491. The van der Waals surface area contributed by atoms with E-state index in [-0.39, 0.29) is 18.0 Å². The molecule has 0 aliphatic carbocycles. The third-order valence-electron chi connectivity index (χ3n) is 4.56. The normalized spacial score (nSPS) is 19.7. The Bertz CT molecular complexity index is 796. The fraction of sp³-hybridized carbons (Fsp3) is 0.400. The second-order valence-corrected chi connectivity index (χ2v) is 7.28. The smallest absolute Gasteiger partial charge is 0.154 e. The van der Waals surface area contributed by atoms with E-state index < -0.39 is 0 Å². The van der Waals surface area contributed by atoms with Crippen LogP contribution in [0.15, 0.2) is 41.7 Å². The van der Waals surface area contributed by atoms with Gasteiger partial charge < -0.3 is 10.5 Å². The van der Waals surface area contributed by atoms with Gasteiger partial charge in [0.15, 0.2) is 5.17 Å². The highest BCUT2D eigenvalue weighted by atomic mass is 32.2. The number of nitrogens with two attached hydrogens (primary N) is 1. The van der Waals surface area contributed by atoms with E-state index in [0.29, 0.717) is 5.17 Å². The minimum Gasteiger partial charge on any atom is -0.490 e. The second-order valence-electron chi connectivity index (χ2n) is 6.45. The van der Waals surface area contributed by atoms with E-state index in [1.54, 1.807) is 6.20 Å². The molecule has 1 aromatic heterocycles. The molecule has 138 valence electrons. The molecule has 2 heterocycles. The van der Waals surface area contributed by atoms with E-state index >= 15 is 0 Å². The summed E-state index contributed by atoms with van der Waals surface area (Å²) in [5, 5.41) is 0.565.